The van der Waals surface area contributed by atoms with Gasteiger partial charge in [0.2, 0.25) is 11.8 Å². The Morgan fingerprint density at radius 3 is 2.59 bits per heavy atom. The molecule has 2 aliphatic rings. The molecule has 2 aromatic carbocycles. The van der Waals surface area contributed by atoms with Gasteiger partial charge in [-0.15, -0.1) is 0 Å². The van der Waals surface area contributed by atoms with Crippen molar-refractivity contribution in [3.8, 4) is 17.2 Å². The molecule has 7 heteroatoms. The summed E-state index contributed by atoms with van der Waals surface area (Å²) in [6, 6.07) is 13.0. The highest BCUT2D eigenvalue weighted by Gasteiger charge is 2.28. The van der Waals surface area contributed by atoms with Crippen LogP contribution in [0.4, 0.5) is 0 Å². The number of rotatable bonds is 9. The topological polar surface area (TPSA) is 77.1 Å². The molecule has 0 aromatic heterocycles. The summed E-state index contributed by atoms with van der Waals surface area (Å²) in [5, 5.41) is 3.14. The largest absolute Gasteiger partial charge is 0.497 e. The molecule has 2 amide bonds. The third kappa shape index (κ3) is 6.01. The maximum Gasteiger partial charge on any atom is 0.242 e. The summed E-state index contributed by atoms with van der Waals surface area (Å²) in [7, 11) is 1.62. The molecule has 1 aliphatic heterocycles. The minimum atomic E-state index is -0.570. The zero-order chi connectivity index (χ0) is 23.9. The van der Waals surface area contributed by atoms with Crippen LogP contribution < -0.4 is 19.5 Å². The van der Waals surface area contributed by atoms with E-state index in [2.05, 4.69) is 5.32 Å². The van der Waals surface area contributed by atoms with Crippen molar-refractivity contribution in [2.24, 2.45) is 0 Å². The standard InChI is InChI=1S/C27H34N2O5/c1-19(27(31)28-22-7-3-4-8-22)29(18-21-6-5-9-23(16-21)32-2)26(30)13-11-20-10-12-24-25(17-20)34-15-14-33-24/h5-6,9-10,12,16-17,19,22H,3-4,7-8,11,13-15,18H2,1-2H3,(H,28,31)/t19-/m1/s1. The van der Waals surface area contributed by atoms with E-state index in [0.717, 1.165) is 48.3 Å². The third-order valence-corrected chi connectivity index (χ3v) is 6.59. The van der Waals surface area contributed by atoms with Gasteiger partial charge in [0.05, 0.1) is 7.11 Å². The summed E-state index contributed by atoms with van der Waals surface area (Å²) in [6.07, 6.45) is 5.15. The molecule has 1 N–H and O–H groups in total. The molecule has 34 heavy (non-hydrogen) atoms. The molecule has 0 radical (unpaired) electrons. The van der Waals surface area contributed by atoms with Crippen LogP contribution in [-0.2, 0) is 22.6 Å². The third-order valence-electron chi connectivity index (χ3n) is 6.59. The van der Waals surface area contributed by atoms with E-state index in [0.29, 0.717) is 38.3 Å². The average molecular weight is 467 g/mol. The van der Waals surface area contributed by atoms with Gasteiger partial charge in [-0.1, -0.05) is 31.0 Å². The Morgan fingerprint density at radius 1 is 1.06 bits per heavy atom. The van der Waals surface area contributed by atoms with Crippen molar-refractivity contribution in [1.29, 1.82) is 0 Å². The van der Waals surface area contributed by atoms with Crippen molar-refractivity contribution < 1.29 is 23.8 Å². The lowest BCUT2D eigenvalue weighted by Crippen LogP contribution is -2.49. The number of hydrogen-bond donors (Lipinski definition) is 1. The van der Waals surface area contributed by atoms with Crippen LogP contribution >= 0.6 is 0 Å². The second-order valence-electron chi connectivity index (χ2n) is 9.02. The van der Waals surface area contributed by atoms with Crippen LogP contribution in [0.5, 0.6) is 17.2 Å². The van der Waals surface area contributed by atoms with E-state index >= 15 is 0 Å². The first-order valence-electron chi connectivity index (χ1n) is 12.1. The van der Waals surface area contributed by atoms with Gasteiger partial charge in [0.25, 0.3) is 0 Å². The van der Waals surface area contributed by atoms with Crippen LogP contribution in [0.15, 0.2) is 42.5 Å². The van der Waals surface area contributed by atoms with Crippen molar-refractivity contribution in [1.82, 2.24) is 10.2 Å². The lowest BCUT2D eigenvalue weighted by molar-refractivity contribution is -0.140. The van der Waals surface area contributed by atoms with Gasteiger partial charge in [-0.3, -0.25) is 9.59 Å². The molecule has 7 nitrogen and oxygen atoms in total. The van der Waals surface area contributed by atoms with Crippen LogP contribution in [0.2, 0.25) is 0 Å². The molecule has 0 spiro atoms. The molecule has 182 valence electrons. The lowest BCUT2D eigenvalue weighted by atomic mass is 10.1. The quantitative estimate of drug-likeness (QED) is 0.607. The minimum absolute atomic E-state index is 0.0632. The number of benzene rings is 2. The van der Waals surface area contributed by atoms with Gasteiger partial charge in [0.15, 0.2) is 11.5 Å². The Kier molecular flexibility index (Phi) is 7.93. The molecule has 1 saturated carbocycles. The van der Waals surface area contributed by atoms with E-state index in [1.165, 1.54) is 0 Å². The summed E-state index contributed by atoms with van der Waals surface area (Å²) in [4.78, 5) is 28.1. The van der Waals surface area contributed by atoms with E-state index in [4.69, 9.17) is 14.2 Å². The number of carbonyl (C=O) groups is 2. The number of hydrogen-bond acceptors (Lipinski definition) is 5. The Bertz CT molecular complexity index is 1000. The minimum Gasteiger partial charge on any atom is -0.497 e. The van der Waals surface area contributed by atoms with Gasteiger partial charge in [0, 0.05) is 19.0 Å². The van der Waals surface area contributed by atoms with Crippen LogP contribution in [0.25, 0.3) is 0 Å². The predicted octanol–water partition coefficient (Wildman–Crippen LogP) is 3.88. The number of nitrogens with one attached hydrogen (secondary N) is 1. The van der Waals surface area contributed by atoms with E-state index in [-0.39, 0.29) is 17.9 Å². The van der Waals surface area contributed by atoms with E-state index < -0.39 is 6.04 Å². The van der Waals surface area contributed by atoms with Gasteiger partial charge in [-0.05, 0) is 61.6 Å². The number of carbonyl (C=O) groups excluding carboxylic acids is 2. The Labute approximate surface area is 201 Å². The van der Waals surface area contributed by atoms with Crippen LogP contribution in [0.1, 0.15) is 50.2 Å². The van der Waals surface area contributed by atoms with E-state index in [9.17, 15) is 9.59 Å². The van der Waals surface area contributed by atoms with Gasteiger partial charge in [-0.25, -0.2) is 0 Å². The molecule has 1 atom stereocenters. The molecule has 0 saturated heterocycles. The predicted molar refractivity (Wildman–Crippen MR) is 129 cm³/mol. The smallest absolute Gasteiger partial charge is 0.242 e. The monoisotopic (exact) mass is 466 g/mol. The average Bonchev–Trinajstić information content (AvgIpc) is 3.38. The Morgan fingerprint density at radius 2 is 1.82 bits per heavy atom. The van der Waals surface area contributed by atoms with Crippen molar-refractivity contribution in [2.75, 3.05) is 20.3 Å². The summed E-state index contributed by atoms with van der Waals surface area (Å²) >= 11 is 0. The highest BCUT2D eigenvalue weighted by molar-refractivity contribution is 5.87. The lowest BCUT2D eigenvalue weighted by Gasteiger charge is -2.30. The maximum absolute atomic E-state index is 13.4. The molecular weight excluding hydrogens is 432 g/mol. The maximum atomic E-state index is 13.4. The van der Waals surface area contributed by atoms with Crippen LogP contribution in [0, 0.1) is 0 Å². The van der Waals surface area contributed by atoms with Crippen molar-refractivity contribution in [2.45, 2.75) is 64.1 Å². The first kappa shape index (κ1) is 23.9. The molecule has 4 rings (SSSR count). The molecule has 0 unspecified atom stereocenters. The summed E-state index contributed by atoms with van der Waals surface area (Å²) in [5.41, 5.74) is 1.93. The van der Waals surface area contributed by atoms with E-state index in [1.54, 1.807) is 12.0 Å². The second-order valence-corrected chi connectivity index (χ2v) is 9.02. The number of fused-ring (bicyclic) bond motifs is 1. The van der Waals surface area contributed by atoms with Gasteiger partial charge < -0.3 is 24.4 Å². The molecule has 2 aromatic rings. The highest BCUT2D eigenvalue weighted by atomic mass is 16.6. The Balaban J connectivity index is 1.46. The van der Waals surface area contributed by atoms with Gasteiger partial charge >= 0.3 is 0 Å². The zero-order valence-electron chi connectivity index (χ0n) is 20.0. The van der Waals surface area contributed by atoms with Crippen molar-refractivity contribution in [3.63, 3.8) is 0 Å². The Hall–Kier alpha value is -3.22. The summed E-state index contributed by atoms with van der Waals surface area (Å²) < 4.78 is 16.6. The summed E-state index contributed by atoms with van der Waals surface area (Å²) in [6.45, 7) is 3.23. The first-order chi connectivity index (χ1) is 16.5. The van der Waals surface area contributed by atoms with Crippen LogP contribution in [-0.4, -0.2) is 49.1 Å². The van der Waals surface area contributed by atoms with Gasteiger partial charge in [0.1, 0.15) is 25.0 Å². The zero-order valence-corrected chi connectivity index (χ0v) is 20.0. The number of nitrogens with zero attached hydrogens (tertiary/aromatic N) is 1. The number of methoxy groups -OCH3 is 1. The van der Waals surface area contributed by atoms with Crippen LogP contribution in [0.3, 0.4) is 0 Å². The molecule has 1 fully saturated rings. The van der Waals surface area contributed by atoms with E-state index in [1.807, 2.05) is 49.4 Å². The van der Waals surface area contributed by atoms with Gasteiger partial charge in [-0.2, -0.15) is 0 Å². The molecule has 1 aliphatic carbocycles. The van der Waals surface area contributed by atoms with Crippen molar-refractivity contribution >= 4 is 11.8 Å². The normalized spacial score (nSPS) is 16.1. The number of ether oxygens (including phenoxy) is 3. The first-order valence-corrected chi connectivity index (χ1v) is 12.1. The number of amides is 2. The SMILES string of the molecule is COc1cccc(CN(C(=O)CCc2ccc3c(c2)OCCO3)[C@H](C)C(=O)NC2CCCC2)c1. The molecular formula is C27H34N2O5. The fraction of sp³-hybridized carbons (Fsp3) is 0.481. The van der Waals surface area contributed by atoms with Crippen molar-refractivity contribution in [3.05, 3.63) is 53.6 Å². The fourth-order valence-electron chi connectivity index (χ4n) is 4.58. The summed E-state index contributed by atoms with van der Waals surface area (Å²) in [5.74, 6) is 2.02. The second kappa shape index (κ2) is 11.3. The molecule has 0 bridgehead atoms. The molecule has 1 heterocycles. The number of aryl methyl sites for hydroxylation is 1. The highest BCUT2D eigenvalue weighted by Crippen LogP contribution is 2.31. The fourth-order valence-corrected chi connectivity index (χ4v) is 4.58.